The van der Waals surface area contributed by atoms with E-state index in [1.165, 1.54) is 0 Å². The Bertz CT molecular complexity index is 869. The molecule has 9 heteroatoms. The fourth-order valence-corrected chi connectivity index (χ4v) is 4.08. The lowest BCUT2D eigenvalue weighted by atomic mass is 9.92. The van der Waals surface area contributed by atoms with Crippen molar-refractivity contribution in [1.29, 1.82) is 0 Å². The smallest absolute Gasteiger partial charge is 0.289 e. The van der Waals surface area contributed by atoms with E-state index in [0.29, 0.717) is 36.6 Å². The molecular formula is C19H23F3N4OS. The van der Waals surface area contributed by atoms with E-state index in [4.69, 9.17) is 0 Å². The van der Waals surface area contributed by atoms with Crippen LogP contribution in [-0.4, -0.2) is 22.4 Å². The quantitative estimate of drug-likeness (QED) is 0.729. The Labute approximate surface area is 166 Å². The molecule has 0 fully saturated rings. The normalized spacial score (nSPS) is 14.4. The molecule has 3 heterocycles. The highest BCUT2D eigenvalue weighted by molar-refractivity contribution is 7.11. The molecule has 0 aliphatic carbocycles. The minimum absolute atomic E-state index is 0.0773. The minimum Gasteiger partial charge on any atom is -0.351 e. The van der Waals surface area contributed by atoms with Gasteiger partial charge in [0.2, 0.25) is 11.9 Å². The van der Waals surface area contributed by atoms with Gasteiger partial charge in [-0.15, -0.1) is 11.3 Å². The summed E-state index contributed by atoms with van der Waals surface area (Å²) in [6.07, 6.45) is -1.82. The predicted molar refractivity (Wildman–Crippen MR) is 103 cm³/mol. The van der Waals surface area contributed by atoms with Gasteiger partial charge in [-0.05, 0) is 24.0 Å². The Hall–Kier alpha value is -2.16. The molecule has 0 unspecified atom stereocenters. The Morgan fingerprint density at radius 1 is 1.36 bits per heavy atom. The number of halogens is 3. The number of anilines is 2. The summed E-state index contributed by atoms with van der Waals surface area (Å²) in [5.41, 5.74) is 1.11. The Morgan fingerprint density at radius 2 is 2.07 bits per heavy atom. The maximum absolute atomic E-state index is 14.6. The van der Waals surface area contributed by atoms with E-state index in [0.717, 1.165) is 16.2 Å². The summed E-state index contributed by atoms with van der Waals surface area (Å²) in [5, 5.41) is 2.43. The highest BCUT2D eigenvalue weighted by atomic mass is 32.1. The van der Waals surface area contributed by atoms with Crippen molar-refractivity contribution in [3.63, 3.8) is 0 Å². The molecule has 5 nitrogen and oxygen atoms in total. The highest BCUT2D eigenvalue weighted by Crippen LogP contribution is 2.33. The summed E-state index contributed by atoms with van der Waals surface area (Å²) in [4.78, 5) is 22.7. The topological polar surface area (TPSA) is 58.1 Å². The molecule has 2 aromatic rings. The molecule has 0 saturated carbocycles. The van der Waals surface area contributed by atoms with Crippen LogP contribution in [0.3, 0.4) is 0 Å². The third-order valence-corrected chi connectivity index (χ3v) is 5.46. The van der Waals surface area contributed by atoms with Crippen LogP contribution in [0.25, 0.3) is 0 Å². The first-order valence-corrected chi connectivity index (χ1v) is 9.84. The molecule has 3 rings (SSSR count). The Morgan fingerprint density at radius 3 is 2.68 bits per heavy atom. The maximum Gasteiger partial charge on any atom is 0.289 e. The molecule has 0 aromatic carbocycles. The van der Waals surface area contributed by atoms with Crippen LogP contribution in [0.1, 0.15) is 54.8 Å². The van der Waals surface area contributed by atoms with Crippen molar-refractivity contribution in [3.05, 3.63) is 33.2 Å². The van der Waals surface area contributed by atoms with Crippen LogP contribution in [0.5, 0.6) is 0 Å². The van der Waals surface area contributed by atoms with E-state index in [2.05, 4.69) is 15.3 Å². The molecule has 0 atom stereocenters. The summed E-state index contributed by atoms with van der Waals surface area (Å²) < 4.78 is 40.3. The van der Waals surface area contributed by atoms with Crippen LogP contribution in [0, 0.1) is 18.3 Å². The largest absolute Gasteiger partial charge is 0.351 e. The van der Waals surface area contributed by atoms with Crippen LogP contribution in [0.15, 0.2) is 6.07 Å². The molecule has 1 N–H and O–H groups in total. The zero-order valence-electron chi connectivity index (χ0n) is 16.3. The number of rotatable bonds is 4. The number of amides is 1. The summed E-state index contributed by atoms with van der Waals surface area (Å²) >= 11 is 0.986. The van der Waals surface area contributed by atoms with Crippen LogP contribution < -0.4 is 10.2 Å². The lowest BCUT2D eigenvalue weighted by Gasteiger charge is -2.28. The summed E-state index contributed by atoms with van der Waals surface area (Å²) in [7, 11) is 0. The summed E-state index contributed by atoms with van der Waals surface area (Å²) in [6, 6.07) is 1.70. The standard InChI is InChI=1S/C19H23F3N4OS/c1-10-7-13(24-17(22)15(10)25-14(27)8-19(2,3)4)26-6-5-11-12(9-26)28-18(23-11)16(20)21/h7,16H,5-6,8-9H2,1-4H3,(H,25,27). The summed E-state index contributed by atoms with van der Waals surface area (Å²) in [6.45, 7) is 8.38. The number of carbonyl (C=O) groups is 1. The number of aromatic nitrogens is 2. The van der Waals surface area contributed by atoms with Crippen LogP contribution in [0.4, 0.5) is 24.7 Å². The number of fused-ring (bicyclic) bond motifs is 1. The van der Waals surface area contributed by atoms with Gasteiger partial charge in [0.05, 0.1) is 17.9 Å². The molecular weight excluding hydrogens is 389 g/mol. The Balaban J connectivity index is 1.78. The van der Waals surface area contributed by atoms with Gasteiger partial charge in [0, 0.05) is 24.3 Å². The van der Waals surface area contributed by atoms with Gasteiger partial charge in [-0.1, -0.05) is 20.8 Å². The lowest BCUT2D eigenvalue weighted by molar-refractivity contribution is -0.117. The van der Waals surface area contributed by atoms with Crippen LogP contribution in [0.2, 0.25) is 0 Å². The monoisotopic (exact) mass is 412 g/mol. The molecule has 0 spiro atoms. The van der Waals surface area contributed by atoms with E-state index < -0.39 is 12.4 Å². The van der Waals surface area contributed by atoms with Gasteiger partial charge in [-0.3, -0.25) is 4.79 Å². The molecule has 152 valence electrons. The third-order valence-electron chi connectivity index (χ3n) is 4.37. The van der Waals surface area contributed by atoms with Gasteiger partial charge in [0.15, 0.2) is 5.01 Å². The van der Waals surface area contributed by atoms with Gasteiger partial charge in [-0.2, -0.15) is 4.39 Å². The molecule has 0 saturated heterocycles. The van der Waals surface area contributed by atoms with E-state index in [9.17, 15) is 18.0 Å². The molecule has 1 aliphatic heterocycles. The van der Waals surface area contributed by atoms with Crippen molar-refractivity contribution in [2.45, 2.75) is 53.5 Å². The van der Waals surface area contributed by atoms with Crippen LogP contribution >= 0.6 is 11.3 Å². The number of thiazole rings is 1. The number of carbonyl (C=O) groups excluding carboxylic acids is 1. The van der Waals surface area contributed by atoms with Gasteiger partial charge >= 0.3 is 0 Å². The zero-order valence-corrected chi connectivity index (χ0v) is 17.1. The molecule has 0 radical (unpaired) electrons. The Kier molecular flexibility index (Phi) is 5.65. The second-order valence-electron chi connectivity index (χ2n) is 8.14. The first-order chi connectivity index (χ1) is 13.0. The fourth-order valence-electron chi connectivity index (χ4n) is 3.10. The minimum atomic E-state index is -2.59. The second kappa shape index (κ2) is 7.69. The molecule has 2 aromatic heterocycles. The lowest BCUT2D eigenvalue weighted by Crippen LogP contribution is -2.31. The number of hydrogen-bond donors (Lipinski definition) is 1. The fraction of sp³-hybridized carbons (Fsp3) is 0.526. The molecule has 1 amide bonds. The summed E-state index contributed by atoms with van der Waals surface area (Å²) in [5.74, 6) is -0.599. The first kappa shape index (κ1) is 20.6. The van der Waals surface area contributed by atoms with Crippen molar-refractivity contribution < 1.29 is 18.0 Å². The average Bonchev–Trinajstić information content (AvgIpc) is 3.00. The van der Waals surface area contributed by atoms with Crippen molar-refractivity contribution >= 4 is 28.7 Å². The van der Waals surface area contributed by atoms with Gasteiger partial charge in [-0.25, -0.2) is 18.7 Å². The molecule has 1 aliphatic rings. The number of nitrogens with zero attached hydrogens (tertiary/aromatic N) is 3. The second-order valence-corrected chi connectivity index (χ2v) is 9.26. The number of alkyl halides is 2. The maximum atomic E-state index is 14.6. The predicted octanol–water partition coefficient (Wildman–Crippen LogP) is 4.86. The number of hydrogen-bond acceptors (Lipinski definition) is 5. The van der Waals surface area contributed by atoms with Crippen molar-refractivity contribution in [1.82, 2.24) is 9.97 Å². The van der Waals surface area contributed by atoms with Crippen LogP contribution in [-0.2, 0) is 17.8 Å². The molecule has 28 heavy (non-hydrogen) atoms. The van der Waals surface area contributed by atoms with E-state index >= 15 is 0 Å². The van der Waals surface area contributed by atoms with E-state index in [-0.39, 0.29) is 28.4 Å². The van der Waals surface area contributed by atoms with Crippen molar-refractivity contribution in [2.24, 2.45) is 5.41 Å². The SMILES string of the molecule is Cc1cc(N2CCc3nc(C(F)F)sc3C2)nc(F)c1NC(=O)CC(C)(C)C. The highest BCUT2D eigenvalue weighted by Gasteiger charge is 2.26. The number of pyridine rings is 1. The number of aryl methyl sites for hydroxylation is 1. The number of nitrogens with one attached hydrogen (secondary N) is 1. The van der Waals surface area contributed by atoms with E-state index in [1.54, 1.807) is 13.0 Å². The van der Waals surface area contributed by atoms with Crippen molar-refractivity contribution in [2.75, 3.05) is 16.8 Å². The molecule has 0 bridgehead atoms. The van der Waals surface area contributed by atoms with Gasteiger partial charge in [0.25, 0.3) is 6.43 Å². The third kappa shape index (κ3) is 4.63. The average molecular weight is 412 g/mol. The first-order valence-electron chi connectivity index (χ1n) is 9.02. The van der Waals surface area contributed by atoms with E-state index in [1.807, 2.05) is 25.7 Å². The zero-order chi connectivity index (χ0) is 20.6. The van der Waals surface area contributed by atoms with Gasteiger partial charge in [0.1, 0.15) is 5.82 Å². The van der Waals surface area contributed by atoms with Gasteiger partial charge < -0.3 is 10.2 Å². The van der Waals surface area contributed by atoms with Crippen molar-refractivity contribution in [3.8, 4) is 0 Å².